The van der Waals surface area contributed by atoms with Gasteiger partial charge in [0.1, 0.15) is 0 Å². The van der Waals surface area contributed by atoms with Gasteiger partial charge in [0.15, 0.2) is 5.82 Å². The SMILES string of the molecule is N#Cc1cccc(NC(=O)CCc2nc(C3=CCN(Cc4ccc(Cl)cc4)CC3)no2)c1. The number of benzene rings is 2. The summed E-state index contributed by atoms with van der Waals surface area (Å²) in [5, 5.41) is 16.6. The number of nitrogens with one attached hydrogen (secondary N) is 1. The molecule has 0 saturated heterocycles. The number of halogens is 1. The molecule has 1 amide bonds. The number of nitrogens with zero attached hydrogens (tertiary/aromatic N) is 4. The number of anilines is 1. The Hall–Kier alpha value is -3.47. The van der Waals surface area contributed by atoms with Gasteiger partial charge in [0, 0.05) is 43.2 Å². The lowest BCUT2D eigenvalue weighted by atomic mass is 10.1. The maximum Gasteiger partial charge on any atom is 0.227 e. The zero-order chi connectivity index (χ0) is 22.3. The number of amides is 1. The maximum atomic E-state index is 12.2. The van der Waals surface area contributed by atoms with Gasteiger partial charge < -0.3 is 9.84 Å². The van der Waals surface area contributed by atoms with E-state index in [0.717, 1.165) is 36.7 Å². The first-order valence-electron chi connectivity index (χ1n) is 10.4. The van der Waals surface area contributed by atoms with Crippen LogP contribution in [0.2, 0.25) is 5.02 Å². The first-order valence-corrected chi connectivity index (χ1v) is 10.8. The molecule has 2 aromatic carbocycles. The van der Waals surface area contributed by atoms with Crippen molar-refractivity contribution < 1.29 is 9.32 Å². The Morgan fingerprint density at radius 2 is 2.09 bits per heavy atom. The number of aromatic nitrogens is 2. The number of aryl methyl sites for hydroxylation is 1. The lowest BCUT2D eigenvalue weighted by molar-refractivity contribution is -0.116. The molecule has 4 rings (SSSR count). The number of hydrogen-bond acceptors (Lipinski definition) is 6. The highest BCUT2D eigenvalue weighted by molar-refractivity contribution is 6.30. The smallest absolute Gasteiger partial charge is 0.227 e. The average molecular weight is 448 g/mol. The van der Waals surface area contributed by atoms with E-state index in [4.69, 9.17) is 21.4 Å². The quantitative estimate of drug-likeness (QED) is 0.574. The molecule has 8 heteroatoms. The summed E-state index contributed by atoms with van der Waals surface area (Å²) in [6.07, 6.45) is 3.53. The molecular weight excluding hydrogens is 426 g/mol. The van der Waals surface area contributed by atoms with Gasteiger partial charge in [-0.25, -0.2) is 0 Å². The van der Waals surface area contributed by atoms with Gasteiger partial charge in [-0.2, -0.15) is 10.2 Å². The van der Waals surface area contributed by atoms with Crippen LogP contribution in [0.1, 0.15) is 35.7 Å². The van der Waals surface area contributed by atoms with E-state index in [-0.39, 0.29) is 12.3 Å². The molecule has 1 aliphatic rings. The summed E-state index contributed by atoms with van der Waals surface area (Å²) >= 11 is 5.95. The minimum Gasteiger partial charge on any atom is -0.339 e. The standard InChI is InChI=1S/C24H22ClN5O2/c25-20-6-4-17(5-7-20)16-30-12-10-19(11-13-30)24-28-23(32-29-24)9-8-22(31)27-21-3-1-2-18(14-21)15-26/h1-7,10,14H,8-9,11-13,16H2,(H,27,31). The number of carbonyl (C=O) groups excluding carboxylic acids is 1. The highest BCUT2D eigenvalue weighted by atomic mass is 35.5. The fourth-order valence-corrected chi connectivity index (χ4v) is 3.63. The van der Waals surface area contributed by atoms with Crippen LogP contribution >= 0.6 is 11.6 Å². The van der Waals surface area contributed by atoms with Crippen LogP contribution in [0.25, 0.3) is 5.57 Å². The number of carbonyl (C=O) groups is 1. The summed E-state index contributed by atoms with van der Waals surface area (Å²) in [6, 6.07) is 16.8. The molecule has 1 aromatic heterocycles. The molecule has 0 saturated carbocycles. The van der Waals surface area contributed by atoms with Gasteiger partial charge in [-0.3, -0.25) is 9.69 Å². The third-order valence-corrected chi connectivity index (χ3v) is 5.46. The molecule has 1 N–H and O–H groups in total. The normalized spacial score (nSPS) is 13.9. The summed E-state index contributed by atoms with van der Waals surface area (Å²) in [4.78, 5) is 19.0. The van der Waals surface area contributed by atoms with E-state index < -0.39 is 0 Å². The van der Waals surface area contributed by atoms with E-state index in [1.807, 2.05) is 24.3 Å². The van der Waals surface area contributed by atoms with E-state index >= 15 is 0 Å². The summed E-state index contributed by atoms with van der Waals surface area (Å²) in [6.45, 7) is 2.58. The Kier molecular flexibility index (Phi) is 6.95. The molecule has 0 unspecified atom stereocenters. The molecule has 0 aliphatic carbocycles. The fraction of sp³-hybridized carbons (Fsp3) is 0.250. The summed E-state index contributed by atoms with van der Waals surface area (Å²) in [5.74, 6) is 0.855. The van der Waals surface area contributed by atoms with E-state index in [1.165, 1.54) is 5.56 Å². The Bertz CT molecular complexity index is 1160. The highest BCUT2D eigenvalue weighted by Crippen LogP contribution is 2.22. The minimum atomic E-state index is -0.172. The predicted octanol–water partition coefficient (Wildman–Crippen LogP) is 4.46. The number of hydrogen-bond donors (Lipinski definition) is 1. The topological polar surface area (TPSA) is 95.0 Å². The van der Waals surface area contributed by atoms with Crippen molar-refractivity contribution in [3.8, 4) is 6.07 Å². The Morgan fingerprint density at radius 1 is 1.25 bits per heavy atom. The van der Waals surface area contributed by atoms with Gasteiger partial charge in [-0.15, -0.1) is 0 Å². The number of rotatable bonds is 7. The van der Waals surface area contributed by atoms with E-state index in [1.54, 1.807) is 24.3 Å². The van der Waals surface area contributed by atoms with Crippen molar-refractivity contribution >= 4 is 28.8 Å². The van der Waals surface area contributed by atoms with Gasteiger partial charge in [-0.1, -0.05) is 41.0 Å². The van der Waals surface area contributed by atoms with Crippen molar-refractivity contribution in [2.45, 2.75) is 25.8 Å². The summed E-state index contributed by atoms with van der Waals surface area (Å²) < 4.78 is 5.34. The Labute approximate surface area is 191 Å². The van der Waals surface area contributed by atoms with Gasteiger partial charge >= 0.3 is 0 Å². The zero-order valence-electron chi connectivity index (χ0n) is 17.4. The second-order valence-corrected chi connectivity index (χ2v) is 8.03. The number of nitriles is 1. The van der Waals surface area contributed by atoms with E-state index in [9.17, 15) is 4.79 Å². The lowest BCUT2D eigenvalue weighted by Gasteiger charge is -2.25. The fourth-order valence-electron chi connectivity index (χ4n) is 3.50. The van der Waals surface area contributed by atoms with Crippen molar-refractivity contribution in [2.75, 3.05) is 18.4 Å². The highest BCUT2D eigenvalue weighted by Gasteiger charge is 2.18. The van der Waals surface area contributed by atoms with Crippen LogP contribution in [0.5, 0.6) is 0 Å². The largest absolute Gasteiger partial charge is 0.339 e. The minimum absolute atomic E-state index is 0.172. The summed E-state index contributed by atoms with van der Waals surface area (Å²) in [7, 11) is 0. The molecule has 0 spiro atoms. The third-order valence-electron chi connectivity index (χ3n) is 5.21. The van der Waals surface area contributed by atoms with Crippen molar-refractivity contribution in [3.05, 3.63) is 82.5 Å². The molecule has 3 aromatic rings. The van der Waals surface area contributed by atoms with Crippen LogP contribution in [0.4, 0.5) is 5.69 Å². The lowest BCUT2D eigenvalue weighted by Crippen LogP contribution is -2.28. The van der Waals surface area contributed by atoms with Crippen molar-refractivity contribution in [3.63, 3.8) is 0 Å². The molecule has 1 aliphatic heterocycles. The average Bonchev–Trinajstić information content (AvgIpc) is 3.29. The molecule has 0 atom stereocenters. The van der Waals surface area contributed by atoms with E-state index in [0.29, 0.717) is 29.4 Å². The Morgan fingerprint density at radius 3 is 2.84 bits per heavy atom. The second kappa shape index (κ2) is 10.2. The molecule has 0 fully saturated rings. The third kappa shape index (κ3) is 5.82. The van der Waals surface area contributed by atoms with Crippen LogP contribution in [-0.2, 0) is 17.8 Å². The van der Waals surface area contributed by atoms with Gasteiger partial charge in [0.05, 0.1) is 11.6 Å². The van der Waals surface area contributed by atoms with Gasteiger partial charge in [0.2, 0.25) is 11.8 Å². The summed E-state index contributed by atoms with van der Waals surface area (Å²) in [5.41, 5.74) is 3.38. The molecule has 7 nitrogen and oxygen atoms in total. The van der Waals surface area contributed by atoms with Crippen molar-refractivity contribution in [1.82, 2.24) is 15.0 Å². The van der Waals surface area contributed by atoms with Crippen molar-refractivity contribution in [1.29, 1.82) is 5.26 Å². The van der Waals surface area contributed by atoms with Gasteiger partial charge in [0.25, 0.3) is 0 Å². The second-order valence-electron chi connectivity index (χ2n) is 7.59. The maximum absolute atomic E-state index is 12.2. The van der Waals surface area contributed by atoms with Crippen LogP contribution in [0, 0.1) is 11.3 Å². The molecule has 0 bridgehead atoms. The van der Waals surface area contributed by atoms with Crippen LogP contribution in [-0.4, -0.2) is 34.0 Å². The van der Waals surface area contributed by atoms with Crippen LogP contribution < -0.4 is 5.32 Å². The zero-order valence-corrected chi connectivity index (χ0v) is 18.2. The molecule has 162 valence electrons. The molecular formula is C24H22ClN5O2. The van der Waals surface area contributed by atoms with Gasteiger partial charge in [-0.05, 0) is 47.9 Å². The first-order chi connectivity index (χ1) is 15.6. The van der Waals surface area contributed by atoms with Crippen molar-refractivity contribution in [2.24, 2.45) is 0 Å². The predicted molar refractivity (Wildman–Crippen MR) is 122 cm³/mol. The molecule has 2 heterocycles. The molecule has 32 heavy (non-hydrogen) atoms. The van der Waals surface area contributed by atoms with Crippen LogP contribution in [0.3, 0.4) is 0 Å². The first kappa shape index (κ1) is 21.8. The molecule has 0 radical (unpaired) electrons. The van der Waals surface area contributed by atoms with E-state index in [2.05, 4.69) is 32.5 Å². The monoisotopic (exact) mass is 447 g/mol. The van der Waals surface area contributed by atoms with Crippen LogP contribution in [0.15, 0.2) is 59.1 Å². The Balaban J connectivity index is 1.27.